The van der Waals surface area contributed by atoms with Crippen LogP contribution in [0.5, 0.6) is 0 Å². The summed E-state index contributed by atoms with van der Waals surface area (Å²) in [5, 5.41) is 3.13. The Bertz CT molecular complexity index is 62.5. The Labute approximate surface area is 48.2 Å². The average molecular weight is 115 g/mol. The molecule has 0 aromatic heterocycles. The lowest BCUT2D eigenvalue weighted by molar-refractivity contribution is 1.06. The summed E-state index contributed by atoms with van der Waals surface area (Å²) in [5.41, 5.74) is 0. The monoisotopic (exact) mass is 115 g/mol. The van der Waals surface area contributed by atoms with E-state index in [1.54, 1.807) is 0 Å². The van der Waals surface area contributed by atoms with Crippen LogP contribution in [0.2, 0.25) is 0 Å². The molecule has 0 fully saturated rings. The maximum atomic E-state index is 3.13. The fourth-order valence-electron chi connectivity index (χ4n) is 0.497. The molecule has 1 aliphatic heterocycles. The molecule has 1 heterocycles. The third-order valence-electron chi connectivity index (χ3n) is 0.850. The summed E-state index contributed by atoms with van der Waals surface area (Å²) >= 11 is 1.94. The summed E-state index contributed by atoms with van der Waals surface area (Å²) in [6, 6.07) is 0. The average Bonchev–Trinajstić information content (AvgIpc) is 1.90. The third-order valence-corrected chi connectivity index (χ3v) is 1.75. The second kappa shape index (κ2) is 2.97. The minimum atomic E-state index is 1.08. The standard InChI is InChI=1S/C5H9NS/c1-2-4-7-5-6-3-1/h1,3,6H,2,4-5H2. The van der Waals surface area contributed by atoms with Crippen molar-refractivity contribution in [2.45, 2.75) is 6.42 Å². The highest BCUT2D eigenvalue weighted by Gasteiger charge is 1.86. The normalized spacial score (nSPS) is 20.6. The van der Waals surface area contributed by atoms with E-state index in [0.29, 0.717) is 0 Å². The molecule has 40 valence electrons. The molecule has 1 nitrogen and oxygen atoms in total. The van der Waals surface area contributed by atoms with Gasteiger partial charge in [0, 0.05) is 0 Å². The fraction of sp³-hybridized carbons (Fsp3) is 0.600. The van der Waals surface area contributed by atoms with Crippen molar-refractivity contribution in [2.75, 3.05) is 11.6 Å². The molecule has 1 aliphatic rings. The van der Waals surface area contributed by atoms with E-state index < -0.39 is 0 Å². The van der Waals surface area contributed by atoms with Gasteiger partial charge in [-0.3, -0.25) is 0 Å². The van der Waals surface area contributed by atoms with Crippen LogP contribution in [-0.4, -0.2) is 11.6 Å². The quantitative estimate of drug-likeness (QED) is 0.509. The first-order valence-corrected chi connectivity index (χ1v) is 3.62. The fourth-order valence-corrected chi connectivity index (χ4v) is 1.16. The molecule has 0 aliphatic carbocycles. The molecule has 0 radical (unpaired) electrons. The van der Waals surface area contributed by atoms with Crippen LogP contribution >= 0.6 is 11.8 Å². The van der Waals surface area contributed by atoms with Crippen molar-refractivity contribution in [1.29, 1.82) is 0 Å². The Hall–Kier alpha value is -0.110. The molecule has 7 heavy (non-hydrogen) atoms. The first-order chi connectivity index (χ1) is 3.50. The minimum absolute atomic E-state index is 1.08. The molecule has 0 spiro atoms. The molecule has 0 amide bonds. The van der Waals surface area contributed by atoms with Gasteiger partial charge in [0.25, 0.3) is 0 Å². The minimum Gasteiger partial charge on any atom is -0.382 e. The van der Waals surface area contributed by atoms with E-state index in [9.17, 15) is 0 Å². The number of hydrogen-bond donors (Lipinski definition) is 1. The van der Waals surface area contributed by atoms with Gasteiger partial charge in [-0.2, -0.15) is 0 Å². The van der Waals surface area contributed by atoms with Crippen molar-refractivity contribution < 1.29 is 0 Å². The lowest BCUT2D eigenvalue weighted by Gasteiger charge is -1.91. The van der Waals surface area contributed by atoms with Crippen LogP contribution < -0.4 is 5.32 Å². The van der Waals surface area contributed by atoms with E-state index in [2.05, 4.69) is 11.4 Å². The highest BCUT2D eigenvalue weighted by Crippen LogP contribution is 2.02. The van der Waals surface area contributed by atoms with E-state index >= 15 is 0 Å². The largest absolute Gasteiger partial charge is 0.382 e. The van der Waals surface area contributed by atoms with Gasteiger partial charge in [-0.25, -0.2) is 0 Å². The Morgan fingerprint density at radius 3 is 3.57 bits per heavy atom. The Balaban J connectivity index is 2.20. The van der Waals surface area contributed by atoms with Crippen molar-refractivity contribution in [3.63, 3.8) is 0 Å². The number of hydrogen-bond acceptors (Lipinski definition) is 2. The number of nitrogens with one attached hydrogen (secondary N) is 1. The van der Waals surface area contributed by atoms with E-state index in [1.807, 2.05) is 18.0 Å². The van der Waals surface area contributed by atoms with Gasteiger partial charge in [-0.15, -0.1) is 11.8 Å². The molecule has 2 heteroatoms. The van der Waals surface area contributed by atoms with Gasteiger partial charge in [0.2, 0.25) is 0 Å². The lowest BCUT2D eigenvalue weighted by Crippen LogP contribution is -1.99. The van der Waals surface area contributed by atoms with Gasteiger partial charge >= 0.3 is 0 Å². The second-order valence-electron chi connectivity index (χ2n) is 1.45. The molecule has 0 unspecified atom stereocenters. The lowest BCUT2D eigenvalue weighted by atomic mass is 10.5. The van der Waals surface area contributed by atoms with Crippen LogP contribution in [0.15, 0.2) is 12.3 Å². The van der Waals surface area contributed by atoms with E-state index in [4.69, 9.17) is 0 Å². The van der Waals surface area contributed by atoms with Gasteiger partial charge < -0.3 is 5.32 Å². The van der Waals surface area contributed by atoms with Crippen molar-refractivity contribution in [3.05, 3.63) is 12.3 Å². The number of allylic oxidation sites excluding steroid dienone is 1. The topological polar surface area (TPSA) is 12.0 Å². The van der Waals surface area contributed by atoms with Crippen LogP contribution in [0.1, 0.15) is 6.42 Å². The van der Waals surface area contributed by atoms with Crippen LogP contribution in [0.4, 0.5) is 0 Å². The Morgan fingerprint density at radius 2 is 2.57 bits per heavy atom. The molecule has 0 aromatic carbocycles. The highest BCUT2D eigenvalue weighted by molar-refractivity contribution is 7.99. The van der Waals surface area contributed by atoms with Crippen molar-refractivity contribution >= 4 is 11.8 Å². The molecule has 0 bridgehead atoms. The molecule has 0 atom stereocenters. The van der Waals surface area contributed by atoms with Crippen LogP contribution in [0, 0.1) is 0 Å². The molecule has 0 aromatic rings. The van der Waals surface area contributed by atoms with Gasteiger partial charge in [0.05, 0.1) is 5.88 Å². The summed E-state index contributed by atoms with van der Waals surface area (Å²) in [7, 11) is 0. The first kappa shape index (κ1) is 5.04. The van der Waals surface area contributed by atoms with Crippen molar-refractivity contribution in [1.82, 2.24) is 5.32 Å². The van der Waals surface area contributed by atoms with Crippen LogP contribution in [0.3, 0.4) is 0 Å². The maximum absolute atomic E-state index is 3.13. The first-order valence-electron chi connectivity index (χ1n) is 2.46. The molecular weight excluding hydrogens is 106 g/mol. The van der Waals surface area contributed by atoms with Crippen molar-refractivity contribution in [2.24, 2.45) is 0 Å². The van der Waals surface area contributed by atoms with E-state index in [-0.39, 0.29) is 0 Å². The summed E-state index contributed by atoms with van der Waals surface area (Å²) in [5.74, 6) is 2.35. The molecule has 0 saturated carbocycles. The maximum Gasteiger partial charge on any atom is 0.0605 e. The second-order valence-corrected chi connectivity index (χ2v) is 2.55. The SMILES string of the molecule is C1=CNCSCC1. The summed E-state index contributed by atoms with van der Waals surface area (Å²) in [6.45, 7) is 0. The molecule has 0 saturated heterocycles. The van der Waals surface area contributed by atoms with Crippen LogP contribution in [-0.2, 0) is 0 Å². The summed E-state index contributed by atoms with van der Waals surface area (Å²) in [6.07, 6.45) is 5.41. The predicted molar refractivity (Wildman–Crippen MR) is 34.2 cm³/mol. The van der Waals surface area contributed by atoms with Crippen molar-refractivity contribution in [3.8, 4) is 0 Å². The van der Waals surface area contributed by atoms with Gasteiger partial charge in [-0.05, 0) is 18.4 Å². The summed E-state index contributed by atoms with van der Waals surface area (Å²) < 4.78 is 0. The Morgan fingerprint density at radius 1 is 1.57 bits per heavy atom. The van der Waals surface area contributed by atoms with Gasteiger partial charge in [0.15, 0.2) is 0 Å². The van der Waals surface area contributed by atoms with E-state index in [0.717, 1.165) is 5.88 Å². The zero-order chi connectivity index (χ0) is 4.95. The Kier molecular flexibility index (Phi) is 2.13. The number of rotatable bonds is 0. The summed E-state index contributed by atoms with van der Waals surface area (Å²) in [4.78, 5) is 0. The van der Waals surface area contributed by atoms with Gasteiger partial charge in [0.1, 0.15) is 0 Å². The third kappa shape index (κ3) is 1.88. The van der Waals surface area contributed by atoms with Crippen LogP contribution in [0.25, 0.3) is 0 Å². The molecular formula is C5H9NS. The van der Waals surface area contributed by atoms with E-state index in [1.165, 1.54) is 12.2 Å². The molecule has 1 rings (SSSR count). The zero-order valence-corrected chi connectivity index (χ0v) is 5.00. The van der Waals surface area contributed by atoms with Gasteiger partial charge in [-0.1, -0.05) is 6.08 Å². The smallest absolute Gasteiger partial charge is 0.0605 e. The zero-order valence-electron chi connectivity index (χ0n) is 4.18. The number of thioether (sulfide) groups is 1. The predicted octanol–water partition coefficient (Wildman–Crippen LogP) is 1.18. The highest BCUT2D eigenvalue weighted by atomic mass is 32.2. The molecule has 1 N–H and O–H groups in total.